The van der Waals surface area contributed by atoms with Gasteiger partial charge in [-0.2, -0.15) is 0 Å². The van der Waals surface area contributed by atoms with Gasteiger partial charge in [0.1, 0.15) is 24.4 Å². The van der Waals surface area contributed by atoms with E-state index in [1.165, 1.54) is 30.5 Å². The second-order valence-corrected chi connectivity index (χ2v) is 8.76. The number of hydrogen-bond donors (Lipinski definition) is 1. The van der Waals surface area contributed by atoms with E-state index in [9.17, 15) is 9.18 Å². The van der Waals surface area contributed by atoms with Crippen molar-refractivity contribution >= 4 is 5.97 Å². The number of carbonyl (C=O) groups is 1. The van der Waals surface area contributed by atoms with Gasteiger partial charge < -0.3 is 10.1 Å². The fraction of sp³-hybridized carbons (Fsp3) is 0.591. The van der Waals surface area contributed by atoms with Crippen LogP contribution in [0.1, 0.15) is 44.6 Å². The van der Waals surface area contributed by atoms with Crippen molar-refractivity contribution in [3.8, 4) is 0 Å². The van der Waals surface area contributed by atoms with Crippen molar-refractivity contribution in [2.75, 3.05) is 6.54 Å². The van der Waals surface area contributed by atoms with Gasteiger partial charge in [0.15, 0.2) is 0 Å². The summed E-state index contributed by atoms with van der Waals surface area (Å²) in [6, 6.07) is 6.58. The third-order valence-electron chi connectivity index (χ3n) is 7.03. The second kappa shape index (κ2) is 6.80. The molecule has 0 radical (unpaired) electrons. The lowest BCUT2D eigenvalue weighted by atomic mass is 9.55. The molecule has 140 valence electrons. The first-order valence-electron chi connectivity index (χ1n) is 9.90. The molecule has 0 bridgehead atoms. The molecule has 3 nitrogen and oxygen atoms in total. The maximum Gasteiger partial charge on any atom is 0.315 e. The smallest absolute Gasteiger partial charge is 0.315 e. The molecule has 0 unspecified atom stereocenters. The summed E-state index contributed by atoms with van der Waals surface area (Å²) in [4.78, 5) is 12.5. The minimum Gasteiger partial charge on any atom is -0.462 e. The molecule has 1 aliphatic heterocycles. The summed E-state index contributed by atoms with van der Waals surface area (Å²) in [5, 5.41) is 2.16. The summed E-state index contributed by atoms with van der Waals surface area (Å²) >= 11 is 0. The molecule has 1 heterocycles. The zero-order valence-corrected chi connectivity index (χ0v) is 15.5. The Bertz CT molecular complexity index is 701. The lowest BCUT2D eigenvalue weighted by Crippen LogP contribution is -2.84. The van der Waals surface area contributed by atoms with E-state index in [2.05, 4.69) is 18.8 Å². The number of fused-ring (bicyclic) bond motifs is 2. The molecule has 2 aliphatic carbocycles. The van der Waals surface area contributed by atoms with Crippen LogP contribution in [0.3, 0.4) is 0 Å². The van der Waals surface area contributed by atoms with Crippen molar-refractivity contribution in [1.82, 2.24) is 0 Å². The average molecular weight is 358 g/mol. The van der Waals surface area contributed by atoms with Crippen LogP contribution >= 0.6 is 0 Å². The van der Waals surface area contributed by atoms with E-state index < -0.39 is 0 Å². The lowest BCUT2D eigenvalue weighted by molar-refractivity contribution is -0.675. The number of halogens is 1. The Balaban J connectivity index is 1.40. The van der Waals surface area contributed by atoms with E-state index in [4.69, 9.17) is 4.74 Å². The molecule has 0 spiro atoms. The van der Waals surface area contributed by atoms with Crippen LogP contribution < -0.4 is 5.32 Å². The maximum atomic E-state index is 13.0. The molecular formula is C22H29FNO2+. The second-order valence-electron chi connectivity index (χ2n) is 8.76. The number of nitrogens with two attached hydrogens (primary N) is 1. The highest BCUT2D eigenvalue weighted by atomic mass is 19.1. The standard InChI is InChI=1S/C22H28FNO2/c1-14-4-3-9-22(2)11-20-17(10-19(14)22)18(21(25)26-20)13-24-12-15-5-7-16(23)8-6-15/h5-8,17-20,24H,1,3-4,9-13H2,2H3/p+1/t17-,18-,19+,20-,22-/m1/s1. The number of ether oxygens (including phenoxy) is 1. The Morgan fingerprint density at radius 2 is 2.12 bits per heavy atom. The fourth-order valence-corrected chi connectivity index (χ4v) is 5.58. The first kappa shape index (κ1) is 17.7. The minimum atomic E-state index is -0.214. The van der Waals surface area contributed by atoms with E-state index in [1.54, 1.807) is 12.1 Å². The van der Waals surface area contributed by atoms with Gasteiger partial charge in [0.2, 0.25) is 0 Å². The van der Waals surface area contributed by atoms with Crippen molar-refractivity contribution in [2.24, 2.45) is 23.2 Å². The summed E-state index contributed by atoms with van der Waals surface area (Å²) in [5.41, 5.74) is 2.71. The first-order chi connectivity index (χ1) is 12.5. The van der Waals surface area contributed by atoms with Crippen molar-refractivity contribution < 1.29 is 19.2 Å². The molecule has 0 amide bonds. The molecule has 3 aliphatic rings. The van der Waals surface area contributed by atoms with E-state index in [0.717, 1.165) is 37.9 Å². The summed E-state index contributed by atoms with van der Waals surface area (Å²) in [6.45, 7) is 8.21. The zero-order valence-electron chi connectivity index (χ0n) is 15.5. The minimum absolute atomic E-state index is 0.0248. The van der Waals surface area contributed by atoms with Crippen LogP contribution in [0.2, 0.25) is 0 Å². The van der Waals surface area contributed by atoms with Crippen LogP contribution in [0.15, 0.2) is 36.4 Å². The topological polar surface area (TPSA) is 42.9 Å². The Hall–Kier alpha value is -1.68. The van der Waals surface area contributed by atoms with Crippen LogP contribution in [-0.2, 0) is 16.1 Å². The SMILES string of the molecule is C=C1CCC[C@]2(C)C[C@H]3OC(=O)[C@H](C[NH2+]Cc4ccc(F)cc4)[C@H]3C[C@@H]12. The molecule has 26 heavy (non-hydrogen) atoms. The Kier molecular flexibility index (Phi) is 4.64. The highest BCUT2D eigenvalue weighted by Gasteiger charge is 2.55. The summed E-state index contributed by atoms with van der Waals surface area (Å²) in [5.74, 6) is 0.586. The van der Waals surface area contributed by atoms with Gasteiger partial charge in [0.05, 0.1) is 6.54 Å². The van der Waals surface area contributed by atoms with E-state index >= 15 is 0 Å². The Morgan fingerprint density at radius 3 is 2.88 bits per heavy atom. The van der Waals surface area contributed by atoms with Gasteiger partial charge in [-0.05, 0) is 55.6 Å². The number of benzene rings is 1. The number of hydrogen-bond acceptors (Lipinski definition) is 2. The Morgan fingerprint density at radius 1 is 1.35 bits per heavy atom. The third kappa shape index (κ3) is 3.20. The van der Waals surface area contributed by atoms with Gasteiger partial charge in [0, 0.05) is 11.5 Å². The van der Waals surface area contributed by atoms with Crippen LogP contribution in [-0.4, -0.2) is 18.6 Å². The highest BCUT2D eigenvalue weighted by Crippen LogP contribution is 2.56. The Labute approximate surface area is 155 Å². The number of quaternary nitrogens is 1. The number of esters is 1. The van der Waals surface area contributed by atoms with Crippen molar-refractivity contribution in [3.63, 3.8) is 0 Å². The fourth-order valence-electron chi connectivity index (χ4n) is 5.58. The van der Waals surface area contributed by atoms with Gasteiger partial charge >= 0.3 is 5.97 Å². The molecule has 1 aromatic carbocycles. The van der Waals surface area contributed by atoms with Crippen LogP contribution in [0.4, 0.5) is 4.39 Å². The van der Waals surface area contributed by atoms with Gasteiger partial charge in [-0.25, -0.2) is 4.39 Å². The number of allylic oxidation sites excluding steroid dienone is 1. The molecule has 2 saturated carbocycles. The molecule has 5 atom stereocenters. The molecule has 3 fully saturated rings. The number of rotatable bonds is 4. The third-order valence-corrected chi connectivity index (χ3v) is 7.03. The molecule has 4 rings (SSSR count). The molecule has 0 aromatic heterocycles. The van der Waals surface area contributed by atoms with Crippen molar-refractivity contribution in [2.45, 2.75) is 51.7 Å². The molecule has 1 saturated heterocycles. The van der Waals surface area contributed by atoms with Crippen molar-refractivity contribution in [3.05, 3.63) is 47.8 Å². The lowest BCUT2D eigenvalue weighted by Gasteiger charge is -2.49. The van der Waals surface area contributed by atoms with E-state index in [1.807, 2.05) is 0 Å². The summed E-state index contributed by atoms with van der Waals surface area (Å²) in [7, 11) is 0. The van der Waals surface area contributed by atoms with Crippen molar-refractivity contribution in [1.29, 1.82) is 0 Å². The summed E-state index contributed by atoms with van der Waals surface area (Å²) < 4.78 is 18.8. The van der Waals surface area contributed by atoms with E-state index in [-0.39, 0.29) is 29.2 Å². The van der Waals surface area contributed by atoms with Crippen LogP contribution in [0.5, 0.6) is 0 Å². The molecular weight excluding hydrogens is 329 g/mol. The molecule has 1 aromatic rings. The largest absolute Gasteiger partial charge is 0.462 e. The summed E-state index contributed by atoms with van der Waals surface area (Å²) in [6.07, 6.45) is 5.68. The predicted molar refractivity (Wildman–Crippen MR) is 97.6 cm³/mol. The van der Waals surface area contributed by atoms with Crippen LogP contribution in [0, 0.1) is 29.0 Å². The van der Waals surface area contributed by atoms with Crippen LogP contribution in [0.25, 0.3) is 0 Å². The van der Waals surface area contributed by atoms with E-state index in [0.29, 0.717) is 11.8 Å². The normalized spacial score (nSPS) is 36.4. The monoisotopic (exact) mass is 358 g/mol. The molecule has 4 heteroatoms. The maximum absolute atomic E-state index is 13.0. The first-order valence-corrected chi connectivity index (χ1v) is 9.90. The van der Waals surface area contributed by atoms with Gasteiger partial charge in [0.25, 0.3) is 0 Å². The zero-order chi connectivity index (χ0) is 18.3. The van der Waals surface area contributed by atoms with Gasteiger partial charge in [-0.1, -0.05) is 31.2 Å². The average Bonchev–Trinajstić information content (AvgIpc) is 2.89. The number of carbonyl (C=O) groups excluding carboxylic acids is 1. The molecule has 2 N–H and O–H groups in total. The predicted octanol–water partition coefficient (Wildman–Crippen LogP) is 3.20. The van der Waals surface area contributed by atoms with Gasteiger partial charge in [-0.15, -0.1) is 0 Å². The van der Waals surface area contributed by atoms with Gasteiger partial charge in [-0.3, -0.25) is 4.79 Å². The quantitative estimate of drug-likeness (QED) is 0.663. The highest BCUT2D eigenvalue weighted by molar-refractivity contribution is 5.75.